The highest BCUT2D eigenvalue weighted by Crippen LogP contribution is 2.26. The van der Waals surface area contributed by atoms with Gasteiger partial charge < -0.3 is 4.42 Å². The summed E-state index contributed by atoms with van der Waals surface area (Å²) in [4.78, 5) is 16.0. The molecule has 0 bridgehead atoms. The summed E-state index contributed by atoms with van der Waals surface area (Å²) in [7, 11) is 0. The van der Waals surface area contributed by atoms with Crippen LogP contribution in [0.1, 0.15) is 31.5 Å². The van der Waals surface area contributed by atoms with Crippen molar-refractivity contribution in [1.29, 1.82) is 0 Å². The van der Waals surface area contributed by atoms with Crippen molar-refractivity contribution in [2.24, 2.45) is 5.92 Å². The van der Waals surface area contributed by atoms with Gasteiger partial charge in [-0.1, -0.05) is 26.0 Å². The Kier molecular flexibility index (Phi) is 3.48. The first-order valence-electron chi connectivity index (χ1n) is 5.62. The Bertz CT molecular complexity index is 577. The molecule has 4 heteroatoms. The molecule has 0 saturated carbocycles. The fourth-order valence-electron chi connectivity index (χ4n) is 1.68. The predicted molar refractivity (Wildman–Crippen MR) is 68.3 cm³/mol. The van der Waals surface area contributed by atoms with Crippen LogP contribution >= 0.6 is 11.6 Å². The van der Waals surface area contributed by atoms with Crippen LogP contribution in [0.15, 0.2) is 33.5 Å². The van der Waals surface area contributed by atoms with Gasteiger partial charge in [0.25, 0.3) is 0 Å². The first-order chi connectivity index (χ1) is 8.08. The third kappa shape index (κ3) is 2.67. The van der Waals surface area contributed by atoms with E-state index in [1.807, 2.05) is 6.07 Å². The number of nitrogens with zero attached hydrogens (tertiary/aromatic N) is 1. The van der Waals surface area contributed by atoms with Gasteiger partial charge in [-0.05, 0) is 24.5 Å². The molecule has 0 amide bonds. The van der Waals surface area contributed by atoms with Gasteiger partial charge in [0.1, 0.15) is 5.38 Å². The van der Waals surface area contributed by atoms with E-state index in [9.17, 15) is 4.79 Å². The molecule has 1 heterocycles. The number of fused-ring (bicyclic) bond motifs is 1. The number of para-hydroxylation sites is 1. The highest BCUT2D eigenvalue weighted by atomic mass is 35.5. The zero-order chi connectivity index (χ0) is 12.4. The van der Waals surface area contributed by atoms with Crippen molar-refractivity contribution in [3.63, 3.8) is 0 Å². The van der Waals surface area contributed by atoms with Crippen LogP contribution in [0, 0.1) is 5.92 Å². The van der Waals surface area contributed by atoms with Gasteiger partial charge in [-0.2, -0.15) is 0 Å². The molecule has 0 N–H and O–H groups in total. The number of halogens is 1. The minimum atomic E-state index is -0.375. The molecule has 1 atom stereocenters. The van der Waals surface area contributed by atoms with E-state index in [1.165, 1.54) is 0 Å². The zero-order valence-electron chi connectivity index (χ0n) is 9.81. The van der Waals surface area contributed by atoms with Crippen molar-refractivity contribution < 1.29 is 4.42 Å². The lowest BCUT2D eigenvalue weighted by Gasteiger charge is -2.10. The molecule has 0 aliphatic rings. The quantitative estimate of drug-likeness (QED) is 0.784. The molecule has 0 aliphatic heterocycles. The van der Waals surface area contributed by atoms with Crippen LogP contribution < -0.4 is 5.63 Å². The first-order valence-corrected chi connectivity index (χ1v) is 6.05. The van der Waals surface area contributed by atoms with Crippen molar-refractivity contribution in [2.75, 3.05) is 0 Å². The summed E-state index contributed by atoms with van der Waals surface area (Å²) in [5.41, 5.74) is 0.258. The van der Waals surface area contributed by atoms with Crippen molar-refractivity contribution >= 4 is 22.5 Å². The molecular weight excluding hydrogens is 238 g/mol. The minimum absolute atomic E-state index is 0.309. The minimum Gasteiger partial charge on any atom is -0.406 e. The second-order valence-electron chi connectivity index (χ2n) is 4.45. The highest BCUT2D eigenvalue weighted by Gasteiger charge is 2.16. The van der Waals surface area contributed by atoms with Crippen molar-refractivity contribution in [2.45, 2.75) is 25.6 Å². The van der Waals surface area contributed by atoms with Gasteiger partial charge in [0.2, 0.25) is 5.89 Å². The topological polar surface area (TPSA) is 43.1 Å². The zero-order valence-corrected chi connectivity index (χ0v) is 10.6. The van der Waals surface area contributed by atoms with Gasteiger partial charge in [-0.25, -0.2) is 9.78 Å². The molecule has 0 unspecified atom stereocenters. The standard InChI is InChI=1S/C13H14ClNO2/c1-8(2)7-10(14)12-15-11-6-4-3-5-9(11)13(16)17-12/h3-6,8,10H,7H2,1-2H3/t10-/m0/s1. The van der Waals surface area contributed by atoms with Crippen molar-refractivity contribution in [3.8, 4) is 0 Å². The molecule has 0 fully saturated rings. The summed E-state index contributed by atoms with van der Waals surface area (Å²) in [5, 5.41) is 0.136. The molecule has 17 heavy (non-hydrogen) atoms. The van der Waals surface area contributed by atoms with Crippen LogP contribution in [-0.4, -0.2) is 4.98 Å². The highest BCUT2D eigenvalue weighted by molar-refractivity contribution is 6.20. The Morgan fingerprint density at radius 1 is 1.35 bits per heavy atom. The Morgan fingerprint density at radius 2 is 2.06 bits per heavy atom. The maximum absolute atomic E-state index is 11.7. The van der Waals surface area contributed by atoms with Crippen LogP contribution in [0.25, 0.3) is 10.9 Å². The second kappa shape index (κ2) is 4.88. The van der Waals surface area contributed by atoms with E-state index in [0.717, 1.165) is 6.42 Å². The van der Waals surface area contributed by atoms with E-state index in [1.54, 1.807) is 18.2 Å². The van der Waals surface area contributed by atoms with E-state index >= 15 is 0 Å². The summed E-state index contributed by atoms with van der Waals surface area (Å²) in [6.07, 6.45) is 0.732. The van der Waals surface area contributed by atoms with Crippen molar-refractivity contribution in [1.82, 2.24) is 4.98 Å². The van der Waals surface area contributed by atoms with E-state index in [0.29, 0.717) is 22.7 Å². The van der Waals surface area contributed by atoms with E-state index in [-0.39, 0.29) is 11.0 Å². The number of alkyl halides is 1. The maximum atomic E-state index is 11.7. The van der Waals surface area contributed by atoms with Crippen molar-refractivity contribution in [3.05, 3.63) is 40.6 Å². The summed E-state index contributed by atoms with van der Waals surface area (Å²) >= 11 is 6.18. The normalized spacial score (nSPS) is 13.2. The van der Waals surface area contributed by atoms with Gasteiger partial charge in [0, 0.05) is 0 Å². The van der Waals surface area contributed by atoms with Gasteiger partial charge >= 0.3 is 5.63 Å². The summed E-state index contributed by atoms with van der Waals surface area (Å²) < 4.78 is 5.15. The summed E-state index contributed by atoms with van der Waals surface area (Å²) in [5.74, 6) is 0.736. The number of benzene rings is 1. The van der Waals surface area contributed by atoms with E-state index < -0.39 is 0 Å². The van der Waals surface area contributed by atoms with Gasteiger partial charge in [-0.3, -0.25) is 0 Å². The van der Waals surface area contributed by atoms with E-state index in [4.69, 9.17) is 16.0 Å². The molecule has 2 rings (SSSR count). The van der Waals surface area contributed by atoms with E-state index in [2.05, 4.69) is 18.8 Å². The molecule has 2 aromatic rings. The number of hydrogen-bond donors (Lipinski definition) is 0. The molecule has 0 saturated heterocycles. The van der Waals surface area contributed by atoms with Crippen LogP contribution in [-0.2, 0) is 0 Å². The summed E-state index contributed by atoms with van der Waals surface area (Å²) in [6.45, 7) is 4.13. The molecule has 1 aromatic heterocycles. The lowest BCUT2D eigenvalue weighted by atomic mass is 10.1. The molecule has 3 nitrogen and oxygen atoms in total. The molecule has 0 radical (unpaired) electrons. The average molecular weight is 252 g/mol. The fourth-order valence-corrected chi connectivity index (χ4v) is 2.13. The Morgan fingerprint density at radius 3 is 2.76 bits per heavy atom. The Balaban J connectivity index is 2.46. The predicted octanol–water partition coefficient (Wildman–Crippen LogP) is 3.51. The summed E-state index contributed by atoms with van der Waals surface area (Å²) in [6, 6.07) is 7.11. The Hall–Kier alpha value is -1.35. The molecule has 1 aromatic carbocycles. The molecule has 0 spiro atoms. The number of rotatable bonds is 3. The third-order valence-corrected chi connectivity index (χ3v) is 2.86. The fraction of sp³-hybridized carbons (Fsp3) is 0.385. The third-order valence-electron chi connectivity index (χ3n) is 2.50. The maximum Gasteiger partial charge on any atom is 0.346 e. The van der Waals surface area contributed by atoms with Gasteiger partial charge in [-0.15, -0.1) is 11.6 Å². The Labute approximate surface area is 104 Å². The van der Waals surface area contributed by atoms with Crippen LogP contribution in [0.4, 0.5) is 0 Å². The van der Waals surface area contributed by atoms with Crippen LogP contribution in [0.3, 0.4) is 0 Å². The largest absolute Gasteiger partial charge is 0.406 e. The number of hydrogen-bond acceptors (Lipinski definition) is 3. The monoisotopic (exact) mass is 251 g/mol. The lowest BCUT2D eigenvalue weighted by molar-refractivity contribution is 0.415. The van der Waals surface area contributed by atoms with Crippen LogP contribution in [0.2, 0.25) is 0 Å². The SMILES string of the molecule is CC(C)C[C@H](Cl)c1nc2ccccc2c(=O)o1. The average Bonchev–Trinajstić information content (AvgIpc) is 2.28. The molecule has 0 aliphatic carbocycles. The van der Waals surface area contributed by atoms with Gasteiger partial charge in [0.15, 0.2) is 0 Å². The lowest BCUT2D eigenvalue weighted by Crippen LogP contribution is -2.07. The second-order valence-corrected chi connectivity index (χ2v) is 4.98. The van der Waals surface area contributed by atoms with Crippen LogP contribution in [0.5, 0.6) is 0 Å². The van der Waals surface area contributed by atoms with Gasteiger partial charge in [0.05, 0.1) is 10.9 Å². The molecule has 90 valence electrons. The number of aromatic nitrogens is 1. The first kappa shape index (κ1) is 12.1. The molecular formula is C13H14ClNO2. The smallest absolute Gasteiger partial charge is 0.346 e.